The summed E-state index contributed by atoms with van der Waals surface area (Å²) >= 11 is 0. The van der Waals surface area contributed by atoms with Crippen LogP contribution in [0.3, 0.4) is 0 Å². The van der Waals surface area contributed by atoms with Gasteiger partial charge in [-0.05, 0) is 68.4 Å². The van der Waals surface area contributed by atoms with Gasteiger partial charge in [-0.25, -0.2) is 0 Å². The molecule has 1 heterocycles. The lowest BCUT2D eigenvalue weighted by Gasteiger charge is -2.14. The zero-order valence-electron chi connectivity index (χ0n) is 16.1. The molecule has 0 spiro atoms. The summed E-state index contributed by atoms with van der Waals surface area (Å²) in [6.07, 6.45) is 2.74. The molecule has 6 rings (SSSR count). The van der Waals surface area contributed by atoms with Gasteiger partial charge in [0.1, 0.15) is 5.75 Å². The minimum absolute atomic E-state index is 0.838. The summed E-state index contributed by atoms with van der Waals surface area (Å²) in [5.74, 6) is 0.882. The molecule has 1 aromatic heterocycles. The van der Waals surface area contributed by atoms with Crippen LogP contribution in [-0.4, -0.2) is 12.1 Å². The lowest BCUT2D eigenvalue weighted by Crippen LogP contribution is -1.96. The fourth-order valence-electron chi connectivity index (χ4n) is 4.71. The zero-order valence-corrected chi connectivity index (χ0v) is 16.1. The highest BCUT2D eigenvalue weighted by molar-refractivity contribution is 6.18. The van der Waals surface area contributed by atoms with Gasteiger partial charge in [-0.3, -0.25) is 4.98 Å². The SMILES string of the molecule is COc1ccc(Cc2c3c(cc4cccnc24)-c2cccc4cccc-3c24)cc1. The van der Waals surface area contributed by atoms with E-state index in [-0.39, 0.29) is 0 Å². The van der Waals surface area contributed by atoms with E-state index in [9.17, 15) is 0 Å². The van der Waals surface area contributed by atoms with E-state index in [1.54, 1.807) is 7.11 Å². The lowest BCUT2D eigenvalue weighted by atomic mass is 9.91. The molecule has 138 valence electrons. The highest BCUT2D eigenvalue weighted by atomic mass is 16.5. The smallest absolute Gasteiger partial charge is 0.118 e. The van der Waals surface area contributed by atoms with Gasteiger partial charge in [0.15, 0.2) is 0 Å². The number of methoxy groups -OCH3 is 1. The van der Waals surface area contributed by atoms with Crippen LogP contribution < -0.4 is 4.74 Å². The van der Waals surface area contributed by atoms with E-state index < -0.39 is 0 Å². The molecule has 0 radical (unpaired) electrons. The summed E-state index contributed by atoms with van der Waals surface area (Å²) in [5, 5.41) is 3.85. The van der Waals surface area contributed by atoms with Crippen molar-refractivity contribution in [2.45, 2.75) is 6.42 Å². The Morgan fingerprint density at radius 3 is 2.31 bits per heavy atom. The number of pyridine rings is 1. The van der Waals surface area contributed by atoms with Crippen molar-refractivity contribution in [2.75, 3.05) is 7.11 Å². The summed E-state index contributed by atoms with van der Waals surface area (Å²) in [7, 11) is 1.70. The first-order chi connectivity index (χ1) is 14.3. The third-order valence-electron chi connectivity index (χ3n) is 6.00. The molecule has 2 heteroatoms. The Kier molecular flexibility index (Phi) is 3.48. The van der Waals surface area contributed by atoms with Crippen molar-refractivity contribution < 1.29 is 4.74 Å². The van der Waals surface area contributed by atoms with Crippen LogP contribution in [0.25, 0.3) is 43.9 Å². The zero-order chi connectivity index (χ0) is 19.4. The summed E-state index contributed by atoms with van der Waals surface area (Å²) in [6.45, 7) is 0. The number of benzene rings is 4. The number of fused-ring (bicyclic) bond motifs is 4. The van der Waals surface area contributed by atoms with Crippen molar-refractivity contribution in [3.05, 3.63) is 96.2 Å². The summed E-state index contributed by atoms with van der Waals surface area (Å²) < 4.78 is 5.33. The average molecular weight is 373 g/mol. The van der Waals surface area contributed by atoms with Gasteiger partial charge in [0.2, 0.25) is 0 Å². The second-order valence-electron chi connectivity index (χ2n) is 7.59. The van der Waals surface area contributed by atoms with E-state index in [0.29, 0.717) is 0 Å². The third-order valence-corrected chi connectivity index (χ3v) is 6.00. The molecular formula is C27H19NO. The fourth-order valence-corrected chi connectivity index (χ4v) is 4.71. The van der Waals surface area contributed by atoms with Crippen molar-refractivity contribution in [1.82, 2.24) is 4.98 Å². The minimum atomic E-state index is 0.838. The Labute approximate surface area is 169 Å². The molecule has 0 bridgehead atoms. The molecule has 29 heavy (non-hydrogen) atoms. The van der Waals surface area contributed by atoms with Crippen molar-refractivity contribution >= 4 is 21.7 Å². The number of nitrogens with zero attached hydrogens (tertiary/aromatic N) is 1. The Bertz CT molecular complexity index is 1390. The van der Waals surface area contributed by atoms with Crippen LogP contribution in [0.1, 0.15) is 11.1 Å². The molecule has 0 saturated carbocycles. The molecule has 0 N–H and O–H groups in total. The number of ether oxygens (including phenoxy) is 1. The van der Waals surface area contributed by atoms with Crippen LogP contribution in [0.5, 0.6) is 5.75 Å². The molecule has 5 aromatic rings. The van der Waals surface area contributed by atoms with Crippen molar-refractivity contribution in [3.8, 4) is 28.0 Å². The van der Waals surface area contributed by atoms with E-state index in [4.69, 9.17) is 9.72 Å². The predicted octanol–water partition coefficient (Wildman–Crippen LogP) is 6.63. The first kappa shape index (κ1) is 16.3. The minimum Gasteiger partial charge on any atom is -0.497 e. The molecule has 4 aromatic carbocycles. The van der Waals surface area contributed by atoms with Gasteiger partial charge in [-0.1, -0.05) is 54.6 Å². The number of hydrogen-bond donors (Lipinski definition) is 0. The highest BCUT2D eigenvalue weighted by Gasteiger charge is 2.25. The van der Waals surface area contributed by atoms with E-state index in [0.717, 1.165) is 17.7 Å². The van der Waals surface area contributed by atoms with Crippen LogP contribution in [0.2, 0.25) is 0 Å². The van der Waals surface area contributed by atoms with Gasteiger partial charge < -0.3 is 4.74 Å². The summed E-state index contributed by atoms with van der Waals surface area (Å²) in [6, 6.07) is 28.1. The molecule has 1 aliphatic rings. The topological polar surface area (TPSA) is 22.1 Å². The van der Waals surface area contributed by atoms with Gasteiger partial charge in [0, 0.05) is 18.0 Å². The highest BCUT2D eigenvalue weighted by Crippen LogP contribution is 2.50. The molecule has 0 aliphatic heterocycles. The average Bonchev–Trinajstić information content (AvgIpc) is 3.10. The molecule has 0 unspecified atom stereocenters. The van der Waals surface area contributed by atoms with Gasteiger partial charge in [0.05, 0.1) is 12.6 Å². The van der Waals surface area contributed by atoms with E-state index in [1.165, 1.54) is 49.5 Å². The fraction of sp³-hybridized carbons (Fsp3) is 0.0741. The Morgan fingerprint density at radius 2 is 1.52 bits per heavy atom. The Morgan fingerprint density at radius 1 is 0.759 bits per heavy atom. The summed E-state index contributed by atoms with van der Waals surface area (Å²) in [4.78, 5) is 4.79. The van der Waals surface area contributed by atoms with Gasteiger partial charge in [-0.15, -0.1) is 0 Å². The van der Waals surface area contributed by atoms with E-state index in [2.05, 4.69) is 60.7 Å². The lowest BCUT2D eigenvalue weighted by molar-refractivity contribution is 0.414. The maximum absolute atomic E-state index is 5.33. The van der Waals surface area contributed by atoms with Crippen LogP contribution in [0.4, 0.5) is 0 Å². The number of rotatable bonds is 3. The molecule has 0 saturated heterocycles. The largest absolute Gasteiger partial charge is 0.497 e. The van der Waals surface area contributed by atoms with Crippen molar-refractivity contribution in [2.24, 2.45) is 0 Å². The van der Waals surface area contributed by atoms with Crippen LogP contribution in [0, 0.1) is 0 Å². The summed E-state index contributed by atoms with van der Waals surface area (Å²) in [5.41, 5.74) is 8.95. The van der Waals surface area contributed by atoms with Crippen molar-refractivity contribution in [3.63, 3.8) is 0 Å². The monoisotopic (exact) mass is 373 g/mol. The van der Waals surface area contributed by atoms with Gasteiger partial charge in [-0.2, -0.15) is 0 Å². The number of aromatic nitrogens is 1. The Balaban J connectivity index is 1.66. The number of hydrogen-bond acceptors (Lipinski definition) is 2. The molecule has 0 atom stereocenters. The second-order valence-corrected chi connectivity index (χ2v) is 7.59. The molecule has 2 nitrogen and oxygen atoms in total. The van der Waals surface area contributed by atoms with Crippen LogP contribution >= 0.6 is 0 Å². The first-order valence-corrected chi connectivity index (χ1v) is 9.89. The molecule has 0 amide bonds. The predicted molar refractivity (Wildman–Crippen MR) is 119 cm³/mol. The maximum Gasteiger partial charge on any atom is 0.118 e. The normalized spacial score (nSPS) is 11.8. The van der Waals surface area contributed by atoms with Crippen molar-refractivity contribution in [1.29, 1.82) is 0 Å². The second kappa shape index (κ2) is 6.18. The maximum atomic E-state index is 5.33. The molecule has 1 aliphatic carbocycles. The Hall–Kier alpha value is -3.65. The van der Waals surface area contributed by atoms with Crippen LogP contribution in [-0.2, 0) is 6.42 Å². The van der Waals surface area contributed by atoms with Crippen LogP contribution in [0.15, 0.2) is 85.1 Å². The molecule has 0 fully saturated rings. The van der Waals surface area contributed by atoms with Gasteiger partial charge >= 0.3 is 0 Å². The molecular weight excluding hydrogens is 354 g/mol. The van der Waals surface area contributed by atoms with Gasteiger partial charge in [0.25, 0.3) is 0 Å². The quantitative estimate of drug-likeness (QED) is 0.347. The third kappa shape index (κ3) is 2.39. The van der Waals surface area contributed by atoms with E-state index >= 15 is 0 Å². The standard InChI is InChI=1S/C27H19NO/c1-29-20-12-10-17(11-13-20)15-24-26-22-9-3-6-18-5-2-8-21(25(18)22)23(26)16-19-7-4-14-28-27(19)24/h2-14,16H,15H2,1H3. The van der Waals surface area contributed by atoms with E-state index in [1.807, 2.05) is 24.4 Å². The first-order valence-electron chi connectivity index (χ1n) is 9.89.